The highest BCUT2D eigenvalue weighted by molar-refractivity contribution is 5.92. The molecule has 4 bridgehead atoms. The quantitative estimate of drug-likeness (QED) is 0.667. The molecule has 4 aliphatic carbocycles. The van der Waals surface area contributed by atoms with E-state index < -0.39 is 28.8 Å². The predicted molar refractivity (Wildman–Crippen MR) is 105 cm³/mol. The van der Waals surface area contributed by atoms with Crippen LogP contribution in [-0.4, -0.2) is 60.3 Å². The average molecular weight is 423 g/mol. The number of hydrogen-bond acceptors (Lipinski definition) is 7. The van der Waals surface area contributed by atoms with Gasteiger partial charge in [0.1, 0.15) is 12.2 Å². The highest BCUT2D eigenvalue weighted by Crippen LogP contribution is 2.76. The van der Waals surface area contributed by atoms with E-state index >= 15 is 0 Å². The molecule has 0 unspecified atom stereocenters. The summed E-state index contributed by atoms with van der Waals surface area (Å²) in [6.45, 7) is 6.22. The number of rotatable bonds is 3. The molecule has 6 rings (SSSR count). The van der Waals surface area contributed by atoms with Crippen molar-refractivity contribution in [3.63, 3.8) is 0 Å². The Labute approximate surface area is 177 Å². The molecule has 0 aromatic rings. The number of methoxy groups -OCH3 is 1. The Balaban J connectivity index is 1.73. The van der Waals surface area contributed by atoms with Gasteiger partial charge < -0.3 is 24.4 Å². The highest BCUT2D eigenvalue weighted by Gasteiger charge is 2.85. The number of fused-ring (bicyclic) bond motifs is 2. The molecule has 0 amide bonds. The number of ether oxygens (including phenoxy) is 3. The van der Waals surface area contributed by atoms with Crippen LogP contribution >= 0.6 is 0 Å². The van der Waals surface area contributed by atoms with Gasteiger partial charge in [-0.15, -0.1) is 0 Å². The Bertz CT molecular complexity index is 780. The van der Waals surface area contributed by atoms with Gasteiger partial charge in [0.25, 0.3) is 0 Å². The lowest BCUT2D eigenvalue weighted by Crippen LogP contribution is -2.83. The van der Waals surface area contributed by atoms with Gasteiger partial charge in [-0.1, -0.05) is 20.3 Å². The van der Waals surface area contributed by atoms with E-state index in [0.29, 0.717) is 12.8 Å². The van der Waals surface area contributed by atoms with Crippen LogP contribution in [0, 0.1) is 39.9 Å². The molecule has 2 N–H and O–H groups in total. The van der Waals surface area contributed by atoms with Crippen LogP contribution < -0.4 is 0 Å². The molecular formula is C23H34O7. The third-order valence-corrected chi connectivity index (χ3v) is 9.49. The normalized spacial score (nSPS) is 53.2. The van der Waals surface area contributed by atoms with Gasteiger partial charge in [0.15, 0.2) is 5.78 Å². The lowest BCUT2D eigenvalue weighted by atomic mass is 9.36. The zero-order valence-electron chi connectivity index (χ0n) is 18.3. The van der Waals surface area contributed by atoms with Crippen LogP contribution in [0.15, 0.2) is 0 Å². The lowest BCUT2D eigenvalue weighted by molar-refractivity contribution is -0.445. The van der Waals surface area contributed by atoms with E-state index in [-0.39, 0.29) is 54.1 Å². The minimum atomic E-state index is -1.96. The Morgan fingerprint density at radius 2 is 2.00 bits per heavy atom. The van der Waals surface area contributed by atoms with Crippen molar-refractivity contribution in [1.29, 1.82) is 0 Å². The lowest BCUT2D eigenvalue weighted by Gasteiger charge is -2.74. The third-order valence-electron chi connectivity index (χ3n) is 9.49. The number of ketones is 1. The van der Waals surface area contributed by atoms with Gasteiger partial charge in [-0.2, -0.15) is 0 Å². The molecule has 2 saturated heterocycles. The summed E-state index contributed by atoms with van der Waals surface area (Å²) in [6, 6.07) is 0. The van der Waals surface area contributed by atoms with Gasteiger partial charge in [-0.05, 0) is 37.0 Å². The Morgan fingerprint density at radius 1 is 1.27 bits per heavy atom. The largest absolute Gasteiger partial charge is 0.462 e. The van der Waals surface area contributed by atoms with Crippen molar-refractivity contribution in [3.05, 3.63) is 0 Å². The fourth-order valence-electron chi connectivity index (χ4n) is 8.86. The number of carbonyl (C=O) groups excluding carboxylic acids is 2. The van der Waals surface area contributed by atoms with E-state index in [2.05, 4.69) is 13.8 Å². The molecule has 4 saturated carbocycles. The first-order valence-corrected chi connectivity index (χ1v) is 11.3. The smallest absolute Gasteiger partial charge is 0.302 e. The van der Waals surface area contributed by atoms with Gasteiger partial charge in [0.05, 0.1) is 18.6 Å². The highest BCUT2D eigenvalue weighted by atomic mass is 16.6. The zero-order chi connectivity index (χ0) is 21.7. The van der Waals surface area contributed by atoms with Crippen molar-refractivity contribution in [2.24, 2.45) is 39.9 Å². The molecular weight excluding hydrogens is 388 g/mol. The molecule has 6 fully saturated rings. The second-order valence-corrected chi connectivity index (χ2v) is 11.2. The molecule has 9 atom stereocenters. The number of carbonyl (C=O) groups is 2. The van der Waals surface area contributed by atoms with Crippen molar-refractivity contribution in [1.82, 2.24) is 0 Å². The summed E-state index contributed by atoms with van der Waals surface area (Å²) in [4.78, 5) is 26.0. The Kier molecular flexibility index (Phi) is 4.36. The van der Waals surface area contributed by atoms with Crippen molar-refractivity contribution in [2.75, 3.05) is 20.3 Å². The molecule has 7 heteroatoms. The van der Waals surface area contributed by atoms with Crippen molar-refractivity contribution >= 4 is 11.8 Å². The van der Waals surface area contributed by atoms with Gasteiger partial charge >= 0.3 is 5.97 Å². The SMILES string of the molecule is COC[C@H]1C(=O)[C@]23C[C@@H]1C[C@@H](OC(C)=O)[C@H]2[C@]12CCCC(C)(C)[C@H]1[C@H](O)[C@@]3(O)OC2. The maximum absolute atomic E-state index is 14.0. The second-order valence-electron chi connectivity index (χ2n) is 11.2. The molecule has 6 aliphatic rings. The fraction of sp³-hybridized carbons (Fsp3) is 0.913. The van der Waals surface area contributed by atoms with Crippen LogP contribution in [0.4, 0.5) is 0 Å². The van der Waals surface area contributed by atoms with Crippen molar-refractivity contribution in [2.45, 2.75) is 70.9 Å². The molecule has 2 heterocycles. The van der Waals surface area contributed by atoms with Crippen LogP contribution in [-0.2, 0) is 23.8 Å². The van der Waals surface area contributed by atoms with Crippen LogP contribution in [0.25, 0.3) is 0 Å². The first-order chi connectivity index (χ1) is 14.0. The number of Topliss-reactive ketones (excluding diaryl/α,β-unsaturated/α-hetero) is 1. The minimum Gasteiger partial charge on any atom is -0.462 e. The van der Waals surface area contributed by atoms with Crippen LogP contribution in [0.3, 0.4) is 0 Å². The van der Waals surface area contributed by atoms with E-state index in [1.165, 1.54) is 6.92 Å². The summed E-state index contributed by atoms with van der Waals surface area (Å²) in [6.07, 6.45) is 2.11. The summed E-state index contributed by atoms with van der Waals surface area (Å²) >= 11 is 0. The van der Waals surface area contributed by atoms with E-state index in [0.717, 1.165) is 19.3 Å². The monoisotopic (exact) mass is 422 g/mol. The van der Waals surface area contributed by atoms with E-state index in [1.54, 1.807) is 7.11 Å². The number of aliphatic hydroxyl groups excluding tert-OH is 1. The van der Waals surface area contributed by atoms with Crippen LogP contribution in [0.5, 0.6) is 0 Å². The molecule has 30 heavy (non-hydrogen) atoms. The number of aliphatic hydroxyl groups is 2. The van der Waals surface area contributed by atoms with Gasteiger partial charge in [0, 0.05) is 37.2 Å². The first-order valence-electron chi connectivity index (χ1n) is 11.3. The molecule has 2 aliphatic heterocycles. The molecule has 0 aromatic heterocycles. The third kappa shape index (κ3) is 2.20. The average Bonchev–Trinajstić information content (AvgIpc) is 2.85. The summed E-state index contributed by atoms with van der Waals surface area (Å²) in [5, 5.41) is 23.5. The van der Waals surface area contributed by atoms with Crippen molar-refractivity contribution in [3.8, 4) is 0 Å². The van der Waals surface area contributed by atoms with Gasteiger partial charge in [-0.25, -0.2) is 0 Å². The summed E-state index contributed by atoms with van der Waals surface area (Å²) in [5.41, 5.74) is -1.99. The maximum Gasteiger partial charge on any atom is 0.302 e. The molecule has 7 nitrogen and oxygen atoms in total. The standard InChI is InChI=1S/C23H34O7/c1-12(24)30-15-8-13-9-22(18(25)14(13)10-28-4)16(15)21-7-5-6-20(2,3)17(21)19(26)23(22,27)29-11-21/h13-17,19,26-27H,5-11H2,1-4H3/t13-,14+,15+,16-,17+,19-,21+,22-,23+/m0/s1. The Hall–Kier alpha value is -1.02. The molecule has 2 spiro atoms. The van der Waals surface area contributed by atoms with E-state index in [9.17, 15) is 19.8 Å². The minimum absolute atomic E-state index is 0.0660. The van der Waals surface area contributed by atoms with E-state index in [1.807, 2.05) is 0 Å². The summed E-state index contributed by atoms with van der Waals surface area (Å²) in [5.74, 6) is -3.45. The maximum atomic E-state index is 14.0. The van der Waals surface area contributed by atoms with Crippen LogP contribution in [0.1, 0.15) is 52.9 Å². The van der Waals surface area contributed by atoms with Gasteiger partial charge in [0.2, 0.25) is 5.79 Å². The topological polar surface area (TPSA) is 102 Å². The molecule has 0 radical (unpaired) electrons. The van der Waals surface area contributed by atoms with Crippen molar-refractivity contribution < 1.29 is 34.0 Å². The van der Waals surface area contributed by atoms with Crippen LogP contribution in [0.2, 0.25) is 0 Å². The Morgan fingerprint density at radius 3 is 2.67 bits per heavy atom. The number of esters is 1. The second kappa shape index (κ2) is 6.27. The zero-order valence-corrected chi connectivity index (χ0v) is 18.3. The fourth-order valence-corrected chi connectivity index (χ4v) is 8.86. The van der Waals surface area contributed by atoms with Gasteiger partial charge in [-0.3, -0.25) is 9.59 Å². The summed E-state index contributed by atoms with van der Waals surface area (Å²) in [7, 11) is 1.57. The predicted octanol–water partition coefficient (Wildman–Crippen LogP) is 1.68. The number of hydrogen-bond donors (Lipinski definition) is 2. The van der Waals surface area contributed by atoms with E-state index in [4.69, 9.17) is 14.2 Å². The summed E-state index contributed by atoms with van der Waals surface area (Å²) < 4.78 is 17.3. The molecule has 0 aromatic carbocycles. The first kappa shape index (κ1) is 20.9. The molecule has 168 valence electrons.